The molecular formula is C21H27Cl2N3O2. The number of carbonyl (C=O) groups is 1. The van der Waals surface area contributed by atoms with Crippen molar-refractivity contribution < 1.29 is 4.79 Å². The first kappa shape index (κ1) is 22.5. The van der Waals surface area contributed by atoms with Crippen molar-refractivity contribution in [1.29, 1.82) is 0 Å². The topological polar surface area (TPSA) is 54.3 Å². The van der Waals surface area contributed by atoms with Gasteiger partial charge in [0.15, 0.2) is 0 Å². The summed E-state index contributed by atoms with van der Waals surface area (Å²) < 4.78 is 1.55. The van der Waals surface area contributed by atoms with Gasteiger partial charge in [0.1, 0.15) is 0 Å². The average molecular weight is 424 g/mol. The van der Waals surface area contributed by atoms with E-state index in [1.54, 1.807) is 22.9 Å². The largest absolute Gasteiger partial charge is 0.339 e. The van der Waals surface area contributed by atoms with Crippen LogP contribution in [0.2, 0.25) is 5.02 Å². The van der Waals surface area contributed by atoms with Gasteiger partial charge in [-0.3, -0.25) is 9.59 Å². The molecule has 1 amide bonds. The molecule has 1 aromatic carbocycles. The predicted molar refractivity (Wildman–Crippen MR) is 116 cm³/mol. The number of aromatic nitrogens is 1. The van der Waals surface area contributed by atoms with Gasteiger partial charge in [0.25, 0.3) is 11.5 Å². The van der Waals surface area contributed by atoms with Crippen LogP contribution in [0.25, 0.3) is 0 Å². The lowest BCUT2D eigenvalue weighted by Gasteiger charge is -2.32. The molecule has 0 aliphatic carbocycles. The molecule has 1 saturated heterocycles. The lowest BCUT2D eigenvalue weighted by Crippen LogP contribution is -2.39. The van der Waals surface area contributed by atoms with Crippen molar-refractivity contribution >= 4 is 29.9 Å². The summed E-state index contributed by atoms with van der Waals surface area (Å²) in [5.74, 6) is 0.672. The molecule has 0 atom stereocenters. The summed E-state index contributed by atoms with van der Waals surface area (Å²) in [4.78, 5) is 27.0. The summed E-state index contributed by atoms with van der Waals surface area (Å²) in [5, 5.41) is 3.80. The van der Waals surface area contributed by atoms with Crippen LogP contribution in [0.1, 0.15) is 35.2 Å². The number of nitrogens with one attached hydrogen (secondary N) is 1. The zero-order chi connectivity index (χ0) is 19.2. The maximum absolute atomic E-state index is 12.9. The zero-order valence-electron chi connectivity index (χ0n) is 16.1. The summed E-state index contributed by atoms with van der Waals surface area (Å²) in [6.07, 6.45) is 4.88. The Balaban J connectivity index is 0.00000280. The highest BCUT2D eigenvalue weighted by Crippen LogP contribution is 2.21. The van der Waals surface area contributed by atoms with Gasteiger partial charge in [-0.2, -0.15) is 0 Å². The fourth-order valence-corrected chi connectivity index (χ4v) is 3.74. The van der Waals surface area contributed by atoms with Crippen LogP contribution >= 0.6 is 24.0 Å². The SMILES string of the molecule is CNCCC1CCN(C(=O)c2ccc(=O)n(Cc3ccccc3Cl)c2)CC1.Cl. The number of benzene rings is 1. The quantitative estimate of drug-likeness (QED) is 0.773. The standard InChI is InChI=1S/C21H26ClN3O2.ClH/c1-23-11-8-16-9-12-24(13-10-16)21(27)18-6-7-20(26)25(15-18)14-17-4-2-3-5-19(17)22;/h2-7,15-16,23H,8-14H2,1H3;1H. The second-order valence-electron chi connectivity index (χ2n) is 7.10. The molecule has 0 unspecified atom stereocenters. The first-order valence-electron chi connectivity index (χ1n) is 9.46. The van der Waals surface area contributed by atoms with Crippen LogP contribution in [0.4, 0.5) is 0 Å². The van der Waals surface area contributed by atoms with Crippen molar-refractivity contribution in [2.75, 3.05) is 26.7 Å². The first-order valence-corrected chi connectivity index (χ1v) is 9.84. The fourth-order valence-electron chi connectivity index (χ4n) is 3.55. The van der Waals surface area contributed by atoms with Crippen molar-refractivity contribution in [3.8, 4) is 0 Å². The third-order valence-electron chi connectivity index (χ3n) is 5.23. The van der Waals surface area contributed by atoms with Crippen LogP contribution in [0.15, 0.2) is 47.4 Å². The number of carbonyl (C=O) groups excluding carboxylic acids is 1. The van der Waals surface area contributed by atoms with E-state index in [-0.39, 0.29) is 23.9 Å². The summed E-state index contributed by atoms with van der Waals surface area (Å²) in [6, 6.07) is 10.5. The van der Waals surface area contributed by atoms with E-state index in [0.717, 1.165) is 44.5 Å². The summed E-state index contributed by atoms with van der Waals surface area (Å²) in [5.41, 5.74) is 1.27. The van der Waals surface area contributed by atoms with E-state index >= 15 is 0 Å². The Morgan fingerprint density at radius 3 is 2.57 bits per heavy atom. The van der Waals surface area contributed by atoms with Crippen LogP contribution in [-0.4, -0.2) is 42.1 Å². The van der Waals surface area contributed by atoms with E-state index in [4.69, 9.17) is 11.6 Å². The van der Waals surface area contributed by atoms with Crippen LogP contribution < -0.4 is 10.9 Å². The van der Waals surface area contributed by atoms with Crippen molar-refractivity contribution in [3.05, 3.63) is 69.1 Å². The molecule has 152 valence electrons. The van der Waals surface area contributed by atoms with Gasteiger partial charge >= 0.3 is 0 Å². The third kappa shape index (κ3) is 5.60. The van der Waals surface area contributed by atoms with Gasteiger partial charge in [-0.05, 0) is 56.5 Å². The molecule has 7 heteroatoms. The van der Waals surface area contributed by atoms with Gasteiger partial charge in [0.05, 0.1) is 12.1 Å². The van der Waals surface area contributed by atoms with Crippen molar-refractivity contribution in [2.45, 2.75) is 25.8 Å². The second-order valence-corrected chi connectivity index (χ2v) is 7.51. The van der Waals surface area contributed by atoms with Gasteiger partial charge in [-0.25, -0.2) is 0 Å². The molecule has 2 aromatic rings. The molecule has 5 nitrogen and oxygen atoms in total. The lowest BCUT2D eigenvalue weighted by molar-refractivity contribution is 0.0686. The third-order valence-corrected chi connectivity index (χ3v) is 5.60. The minimum atomic E-state index is -0.141. The predicted octanol–water partition coefficient (Wildman–Crippen LogP) is 3.43. The van der Waals surface area contributed by atoms with Crippen LogP contribution in [0.5, 0.6) is 0 Å². The molecule has 1 aromatic heterocycles. The summed E-state index contributed by atoms with van der Waals surface area (Å²) in [6.45, 7) is 2.92. The number of amides is 1. The zero-order valence-corrected chi connectivity index (χ0v) is 17.6. The van der Waals surface area contributed by atoms with Crippen molar-refractivity contribution in [1.82, 2.24) is 14.8 Å². The number of halogens is 2. The molecule has 1 aliphatic heterocycles. The molecule has 0 radical (unpaired) electrons. The fraction of sp³-hybridized carbons (Fsp3) is 0.429. The van der Waals surface area contributed by atoms with Crippen LogP contribution in [0.3, 0.4) is 0 Å². The summed E-state index contributed by atoms with van der Waals surface area (Å²) >= 11 is 6.21. The minimum Gasteiger partial charge on any atom is -0.339 e. The maximum Gasteiger partial charge on any atom is 0.255 e. The van der Waals surface area contributed by atoms with E-state index in [1.165, 1.54) is 6.07 Å². The highest BCUT2D eigenvalue weighted by Gasteiger charge is 2.23. The number of hydrogen-bond donors (Lipinski definition) is 1. The maximum atomic E-state index is 12.9. The van der Waals surface area contributed by atoms with Gasteiger partial charge in [0, 0.05) is 30.4 Å². The Bertz CT molecular complexity index is 846. The Morgan fingerprint density at radius 1 is 1.18 bits per heavy atom. The van der Waals surface area contributed by atoms with Gasteiger partial charge < -0.3 is 14.8 Å². The van der Waals surface area contributed by atoms with Gasteiger partial charge in [0.2, 0.25) is 0 Å². The molecule has 0 saturated carbocycles. The Morgan fingerprint density at radius 2 is 1.89 bits per heavy atom. The molecule has 0 spiro atoms. The van der Waals surface area contributed by atoms with E-state index in [0.29, 0.717) is 23.0 Å². The monoisotopic (exact) mass is 423 g/mol. The molecular weight excluding hydrogens is 397 g/mol. The highest BCUT2D eigenvalue weighted by atomic mass is 35.5. The second kappa shape index (κ2) is 10.6. The number of nitrogens with zero attached hydrogens (tertiary/aromatic N) is 2. The molecule has 28 heavy (non-hydrogen) atoms. The van der Waals surface area contributed by atoms with E-state index < -0.39 is 0 Å². The summed E-state index contributed by atoms with van der Waals surface area (Å²) in [7, 11) is 1.97. The minimum absolute atomic E-state index is 0. The normalized spacial score (nSPS) is 14.6. The Hall–Kier alpha value is -1.82. The van der Waals surface area contributed by atoms with Gasteiger partial charge in [-0.1, -0.05) is 29.8 Å². The number of pyridine rings is 1. The molecule has 2 heterocycles. The smallest absolute Gasteiger partial charge is 0.255 e. The molecule has 1 fully saturated rings. The van der Waals surface area contributed by atoms with Crippen LogP contribution in [-0.2, 0) is 6.54 Å². The number of likely N-dealkylation sites (tertiary alicyclic amines) is 1. The van der Waals surface area contributed by atoms with E-state index in [9.17, 15) is 9.59 Å². The average Bonchev–Trinajstić information content (AvgIpc) is 2.69. The molecule has 1 aliphatic rings. The van der Waals surface area contributed by atoms with Crippen molar-refractivity contribution in [2.24, 2.45) is 5.92 Å². The van der Waals surface area contributed by atoms with Crippen LogP contribution in [0, 0.1) is 5.92 Å². The highest BCUT2D eigenvalue weighted by molar-refractivity contribution is 6.31. The van der Waals surface area contributed by atoms with Crippen molar-refractivity contribution in [3.63, 3.8) is 0 Å². The van der Waals surface area contributed by atoms with E-state index in [1.807, 2.05) is 30.1 Å². The lowest BCUT2D eigenvalue weighted by atomic mass is 9.93. The van der Waals surface area contributed by atoms with Gasteiger partial charge in [-0.15, -0.1) is 12.4 Å². The molecule has 1 N–H and O–H groups in total. The van der Waals surface area contributed by atoms with E-state index in [2.05, 4.69) is 5.32 Å². The number of piperidine rings is 1. The molecule has 0 bridgehead atoms. The molecule has 3 rings (SSSR count). The Kier molecular flexibility index (Phi) is 8.55. The number of hydrogen-bond acceptors (Lipinski definition) is 3. The first-order chi connectivity index (χ1) is 13.1. The Labute approximate surface area is 177 Å². The number of rotatable bonds is 6.